The third kappa shape index (κ3) is 4.01. The second kappa shape index (κ2) is 7.39. The molecule has 1 aliphatic carbocycles. The highest BCUT2D eigenvalue weighted by Gasteiger charge is 2.56. The minimum Gasteiger partial charge on any atom is -0.396 e. The summed E-state index contributed by atoms with van der Waals surface area (Å²) in [5.74, 6) is -3.56. The molecular formula is C18H14Cl3F2N3O2. The molecule has 0 heterocycles. The van der Waals surface area contributed by atoms with Crippen molar-refractivity contribution in [2.45, 2.75) is 17.7 Å². The summed E-state index contributed by atoms with van der Waals surface area (Å²) in [6.45, 7) is 1.20. The lowest BCUT2D eigenvalue weighted by atomic mass is 10.1. The van der Waals surface area contributed by atoms with Crippen LogP contribution in [-0.4, -0.2) is 16.1 Å². The van der Waals surface area contributed by atoms with E-state index in [1.165, 1.54) is 25.1 Å². The van der Waals surface area contributed by atoms with E-state index in [2.05, 4.69) is 10.6 Å². The van der Waals surface area contributed by atoms with Gasteiger partial charge < -0.3 is 16.4 Å². The van der Waals surface area contributed by atoms with E-state index in [1.54, 1.807) is 0 Å². The molecule has 5 nitrogen and oxygen atoms in total. The third-order valence-corrected chi connectivity index (χ3v) is 5.48. The van der Waals surface area contributed by atoms with Crippen molar-refractivity contribution >= 4 is 63.7 Å². The fourth-order valence-electron chi connectivity index (χ4n) is 2.58. The number of hydrogen-bond acceptors (Lipinski definition) is 3. The van der Waals surface area contributed by atoms with E-state index in [0.717, 1.165) is 6.07 Å². The van der Waals surface area contributed by atoms with Gasteiger partial charge in [0.15, 0.2) is 11.6 Å². The van der Waals surface area contributed by atoms with E-state index < -0.39 is 33.7 Å². The zero-order chi connectivity index (χ0) is 20.8. The molecule has 0 saturated heterocycles. The Morgan fingerprint density at radius 2 is 1.82 bits per heavy atom. The average molecular weight is 449 g/mol. The van der Waals surface area contributed by atoms with E-state index in [-0.39, 0.29) is 33.2 Å². The van der Waals surface area contributed by atoms with Crippen LogP contribution in [0.3, 0.4) is 0 Å². The number of nitrogens with one attached hydrogen (secondary N) is 2. The minimum absolute atomic E-state index is 0.0294. The number of carbonyl (C=O) groups is 2. The Bertz CT molecular complexity index is 999. The van der Waals surface area contributed by atoms with Crippen molar-refractivity contribution in [2.24, 2.45) is 5.92 Å². The molecule has 2 aromatic carbocycles. The molecule has 1 aliphatic rings. The number of halogens is 5. The lowest BCUT2D eigenvalue weighted by molar-refractivity contribution is -0.117. The Labute approximate surface area is 174 Å². The Morgan fingerprint density at radius 1 is 1.18 bits per heavy atom. The van der Waals surface area contributed by atoms with Gasteiger partial charge in [-0.3, -0.25) is 9.59 Å². The SMILES string of the molecule is Cc1c(F)c(N)cc(NC(=O)c2cc(NC(=O)C3CC3(Cl)Cl)ccc2Cl)c1F. The molecule has 1 fully saturated rings. The molecule has 148 valence electrons. The summed E-state index contributed by atoms with van der Waals surface area (Å²) in [7, 11) is 0. The standard InChI is InChI=1S/C18H14Cl3F2N3O2/c1-7-14(22)12(24)5-13(15(7)23)26-16(27)9-4-8(2-3-11(9)19)25-17(28)10-6-18(10,20)21/h2-5,10H,6,24H2,1H3,(H,25,28)(H,26,27). The van der Waals surface area contributed by atoms with Gasteiger partial charge in [0.1, 0.15) is 4.33 Å². The van der Waals surface area contributed by atoms with Crippen molar-refractivity contribution < 1.29 is 18.4 Å². The van der Waals surface area contributed by atoms with Crippen molar-refractivity contribution in [3.8, 4) is 0 Å². The fourth-order valence-corrected chi connectivity index (χ4v) is 3.29. The Kier molecular flexibility index (Phi) is 5.44. The van der Waals surface area contributed by atoms with Gasteiger partial charge in [0.25, 0.3) is 5.91 Å². The average Bonchev–Trinajstić information content (AvgIpc) is 3.28. The highest BCUT2D eigenvalue weighted by atomic mass is 35.5. The summed E-state index contributed by atoms with van der Waals surface area (Å²) in [6, 6.07) is 5.18. The van der Waals surface area contributed by atoms with Crippen LogP contribution in [0, 0.1) is 24.5 Å². The molecule has 4 N–H and O–H groups in total. The molecule has 0 spiro atoms. The van der Waals surface area contributed by atoms with Crippen LogP contribution in [0.25, 0.3) is 0 Å². The fraction of sp³-hybridized carbons (Fsp3) is 0.222. The molecule has 0 aromatic heterocycles. The first-order valence-electron chi connectivity index (χ1n) is 8.05. The van der Waals surface area contributed by atoms with Gasteiger partial charge in [0.2, 0.25) is 5.91 Å². The summed E-state index contributed by atoms with van der Waals surface area (Å²) < 4.78 is 26.8. The van der Waals surface area contributed by atoms with Gasteiger partial charge in [-0.15, -0.1) is 23.2 Å². The second-order valence-corrected chi connectivity index (χ2v) is 8.37. The van der Waals surface area contributed by atoms with Crippen LogP contribution in [0.1, 0.15) is 22.3 Å². The summed E-state index contributed by atoms with van der Waals surface area (Å²) in [5, 5.41) is 4.97. The summed E-state index contributed by atoms with van der Waals surface area (Å²) >= 11 is 17.8. The Hall–Kier alpha value is -2.09. The lowest BCUT2D eigenvalue weighted by Crippen LogP contribution is -2.18. The zero-order valence-electron chi connectivity index (χ0n) is 14.4. The number of nitrogen functional groups attached to an aromatic ring is 1. The topological polar surface area (TPSA) is 84.2 Å². The maximum absolute atomic E-state index is 14.2. The smallest absolute Gasteiger partial charge is 0.257 e. The third-order valence-electron chi connectivity index (χ3n) is 4.32. The number of rotatable bonds is 4. The van der Waals surface area contributed by atoms with Crippen LogP contribution in [-0.2, 0) is 4.79 Å². The zero-order valence-corrected chi connectivity index (χ0v) is 16.6. The monoisotopic (exact) mass is 447 g/mol. The van der Waals surface area contributed by atoms with Crippen LogP contribution in [0.4, 0.5) is 25.8 Å². The molecule has 2 aromatic rings. The van der Waals surface area contributed by atoms with Crippen molar-refractivity contribution in [3.63, 3.8) is 0 Å². The predicted molar refractivity (Wildman–Crippen MR) is 106 cm³/mol. The van der Waals surface area contributed by atoms with E-state index >= 15 is 0 Å². The van der Waals surface area contributed by atoms with Crippen LogP contribution < -0.4 is 16.4 Å². The molecule has 2 amide bonds. The van der Waals surface area contributed by atoms with Crippen molar-refractivity contribution in [3.05, 3.63) is 52.0 Å². The van der Waals surface area contributed by atoms with E-state index in [9.17, 15) is 18.4 Å². The molecule has 0 radical (unpaired) electrons. The molecule has 1 unspecified atom stereocenters. The van der Waals surface area contributed by atoms with E-state index in [4.69, 9.17) is 40.5 Å². The molecule has 1 saturated carbocycles. The lowest BCUT2D eigenvalue weighted by Gasteiger charge is -2.13. The first-order valence-corrected chi connectivity index (χ1v) is 9.18. The second-order valence-electron chi connectivity index (χ2n) is 6.42. The van der Waals surface area contributed by atoms with Crippen LogP contribution in [0.5, 0.6) is 0 Å². The summed E-state index contributed by atoms with van der Waals surface area (Å²) in [4.78, 5) is 24.6. The van der Waals surface area contributed by atoms with E-state index in [1.807, 2.05) is 0 Å². The van der Waals surface area contributed by atoms with Gasteiger partial charge in [-0.1, -0.05) is 11.6 Å². The molecule has 1 atom stereocenters. The number of alkyl halides is 2. The highest BCUT2D eigenvalue weighted by Crippen LogP contribution is 2.53. The van der Waals surface area contributed by atoms with Gasteiger partial charge in [-0.2, -0.15) is 0 Å². The number of hydrogen-bond donors (Lipinski definition) is 3. The van der Waals surface area contributed by atoms with Gasteiger partial charge in [0, 0.05) is 11.3 Å². The number of amides is 2. The van der Waals surface area contributed by atoms with Gasteiger partial charge in [0.05, 0.1) is 27.9 Å². The highest BCUT2D eigenvalue weighted by molar-refractivity contribution is 6.52. The quantitative estimate of drug-likeness (QED) is 0.460. The van der Waals surface area contributed by atoms with E-state index in [0.29, 0.717) is 6.42 Å². The number of anilines is 3. The normalized spacial score (nSPS) is 17.1. The Balaban J connectivity index is 1.82. The predicted octanol–water partition coefficient (Wildman–Crippen LogP) is 4.89. The van der Waals surface area contributed by atoms with Crippen LogP contribution in [0.15, 0.2) is 24.3 Å². The molecule has 28 heavy (non-hydrogen) atoms. The van der Waals surface area contributed by atoms with Crippen molar-refractivity contribution in [1.82, 2.24) is 0 Å². The summed E-state index contributed by atoms with van der Waals surface area (Å²) in [6.07, 6.45) is 0.327. The molecule has 3 rings (SSSR count). The number of benzene rings is 2. The maximum Gasteiger partial charge on any atom is 0.257 e. The van der Waals surface area contributed by atoms with Gasteiger partial charge in [-0.05, 0) is 37.6 Å². The van der Waals surface area contributed by atoms with Crippen molar-refractivity contribution in [2.75, 3.05) is 16.4 Å². The first-order chi connectivity index (χ1) is 13.0. The molecule has 10 heteroatoms. The number of nitrogens with two attached hydrogens (primary N) is 1. The maximum atomic E-state index is 14.2. The van der Waals surface area contributed by atoms with Crippen LogP contribution >= 0.6 is 34.8 Å². The van der Waals surface area contributed by atoms with Crippen LogP contribution in [0.2, 0.25) is 5.02 Å². The minimum atomic E-state index is -1.09. The Morgan fingerprint density at radius 3 is 2.43 bits per heavy atom. The molecular weight excluding hydrogens is 435 g/mol. The van der Waals surface area contributed by atoms with Gasteiger partial charge in [-0.25, -0.2) is 8.78 Å². The first kappa shape index (κ1) is 20.6. The van der Waals surface area contributed by atoms with Crippen molar-refractivity contribution in [1.29, 1.82) is 0 Å². The van der Waals surface area contributed by atoms with Gasteiger partial charge >= 0.3 is 0 Å². The molecule has 0 aliphatic heterocycles. The largest absolute Gasteiger partial charge is 0.396 e. The summed E-state index contributed by atoms with van der Waals surface area (Å²) in [5.41, 5.74) is 4.81. The molecule has 0 bridgehead atoms. The number of carbonyl (C=O) groups excluding carboxylic acids is 2.